The smallest absolute Gasteiger partial charge is 0.335 e. The van der Waals surface area contributed by atoms with Gasteiger partial charge in [0.05, 0.1) is 12.2 Å². The van der Waals surface area contributed by atoms with Crippen molar-refractivity contribution in [2.45, 2.75) is 18.4 Å². The van der Waals surface area contributed by atoms with E-state index in [0.29, 0.717) is 23.7 Å². The van der Waals surface area contributed by atoms with Crippen LogP contribution in [0.4, 0.5) is 14.6 Å². The maximum atomic E-state index is 14.7. The van der Waals surface area contributed by atoms with E-state index in [0.717, 1.165) is 4.57 Å². The zero-order valence-corrected chi connectivity index (χ0v) is 16.9. The topological polar surface area (TPSA) is 100.0 Å². The number of anilines is 1. The lowest BCUT2D eigenvalue weighted by Crippen LogP contribution is -2.49. The van der Waals surface area contributed by atoms with Crippen LogP contribution in [0.3, 0.4) is 0 Å². The van der Waals surface area contributed by atoms with E-state index in [9.17, 15) is 13.6 Å². The number of hydrogen-bond acceptors (Lipinski definition) is 6. The lowest BCUT2D eigenvalue weighted by atomic mass is 10.0. The van der Waals surface area contributed by atoms with Crippen molar-refractivity contribution in [3.05, 3.63) is 71.4 Å². The minimum absolute atomic E-state index is 0.0349. The molecule has 3 heterocycles. The maximum absolute atomic E-state index is 14.7. The van der Waals surface area contributed by atoms with Gasteiger partial charge in [-0.15, -0.1) is 0 Å². The normalized spacial score (nSPS) is 18.0. The quantitative estimate of drug-likeness (QED) is 0.508. The first-order chi connectivity index (χ1) is 15.5. The molecule has 3 N–H and O–H groups in total. The van der Waals surface area contributed by atoms with Crippen LogP contribution in [0.25, 0.3) is 16.9 Å². The standard InChI is InChI=1S/C22H20F2N6O2/c23-22(24)12-26-11-10-17(22)30-20-18(19(25)27-13-28-20)29(21(30)31)14-6-8-16(9-7-14)32-15-4-2-1-3-5-15/h1-9,13,17,26H,10-12H2,(H2,25,27,28)/t17-/m0/s1. The third kappa shape index (κ3) is 3.38. The van der Waals surface area contributed by atoms with Crippen molar-refractivity contribution >= 4 is 17.0 Å². The molecule has 0 spiro atoms. The van der Waals surface area contributed by atoms with Gasteiger partial charge in [-0.3, -0.25) is 9.13 Å². The van der Waals surface area contributed by atoms with Gasteiger partial charge >= 0.3 is 5.69 Å². The molecule has 10 heteroatoms. The Balaban J connectivity index is 1.62. The van der Waals surface area contributed by atoms with Gasteiger partial charge in [0, 0.05) is 0 Å². The fraction of sp³-hybridized carbons (Fsp3) is 0.227. The van der Waals surface area contributed by atoms with E-state index in [4.69, 9.17) is 10.5 Å². The number of nitrogens with two attached hydrogens (primary N) is 1. The predicted molar refractivity (Wildman–Crippen MR) is 116 cm³/mol. The molecule has 2 aromatic heterocycles. The molecule has 1 saturated heterocycles. The van der Waals surface area contributed by atoms with Gasteiger partial charge in [-0.05, 0) is 49.4 Å². The van der Waals surface area contributed by atoms with Crippen LogP contribution in [0.5, 0.6) is 11.5 Å². The number of rotatable bonds is 4. The van der Waals surface area contributed by atoms with Crippen molar-refractivity contribution in [1.29, 1.82) is 0 Å². The number of halogens is 2. The third-order valence-corrected chi connectivity index (χ3v) is 5.51. The molecule has 0 bridgehead atoms. The number of benzene rings is 2. The highest BCUT2D eigenvalue weighted by molar-refractivity contribution is 5.84. The predicted octanol–water partition coefficient (Wildman–Crippen LogP) is 3.13. The number of fused-ring (bicyclic) bond motifs is 1. The Hall–Kier alpha value is -3.79. The summed E-state index contributed by atoms with van der Waals surface area (Å²) in [6.07, 6.45) is 1.26. The summed E-state index contributed by atoms with van der Waals surface area (Å²) in [5, 5.41) is 2.67. The molecule has 32 heavy (non-hydrogen) atoms. The van der Waals surface area contributed by atoms with Crippen molar-refractivity contribution in [3.8, 4) is 17.2 Å². The fourth-order valence-electron chi connectivity index (χ4n) is 4.02. The average molecular weight is 438 g/mol. The largest absolute Gasteiger partial charge is 0.457 e. The molecule has 0 saturated carbocycles. The molecule has 0 unspecified atom stereocenters. The Morgan fingerprint density at radius 2 is 1.78 bits per heavy atom. The second-order valence-corrected chi connectivity index (χ2v) is 7.57. The summed E-state index contributed by atoms with van der Waals surface area (Å²) in [7, 11) is 0. The number of aromatic nitrogens is 4. The van der Waals surface area contributed by atoms with E-state index in [1.54, 1.807) is 24.3 Å². The van der Waals surface area contributed by atoms with Crippen molar-refractivity contribution in [1.82, 2.24) is 24.4 Å². The molecule has 2 aromatic carbocycles. The van der Waals surface area contributed by atoms with Gasteiger partial charge in [0.15, 0.2) is 11.5 Å². The number of nitrogens with zero attached hydrogens (tertiary/aromatic N) is 4. The van der Waals surface area contributed by atoms with Crippen LogP contribution >= 0.6 is 0 Å². The van der Waals surface area contributed by atoms with Gasteiger partial charge in [-0.1, -0.05) is 18.2 Å². The summed E-state index contributed by atoms with van der Waals surface area (Å²) in [5.74, 6) is -1.85. The monoisotopic (exact) mass is 438 g/mol. The van der Waals surface area contributed by atoms with E-state index >= 15 is 0 Å². The highest BCUT2D eigenvalue weighted by atomic mass is 19.3. The number of para-hydroxylation sites is 1. The Kier molecular flexibility index (Phi) is 4.86. The van der Waals surface area contributed by atoms with E-state index < -0.39 is 24.2 Å². The van der Waals surface area contributed by atoms with Gasteiger partial charge in [0.2, 0.25) is 0 Å². The van der Waals surface area contributed by atoms with Gasteiger partial charge in [0.25, 0.3) is 5.92 Å². The number of nitrogens with one attached hydrogen (secondary N) is 1. The fourth-order valence-corrected chi connectivity index (χ4v) is 4.02. The number of piperidine rings is 1. The summed E-state index contributed by atoms with van der Waals surface area (Å²) in [4.78, 5) is 21.5. The summed E-state index contributed by atoms with van der Waals surface area (Å²) >= 11 is 0. The molecule has 0 amide bonds. The third-order valence-electron chi connectivity index (χ3n) is 5.51. The second-order valence-electron chi connectivity index (χ2n) is 7.57. The second kappa shape index (κ2) is 7.72. The van der Waals surface area contributed by atoms with Crippen LogP contribution in [0.15, 0.2) is 65.7 Å². The molecular weight excluding hydrogens is 418 g/mol. The van der Waals surface area contributed by atoms with Crippen molar-refractivity contribution in [3.63, 3.8) is 0 Å². The van der Waals surface area contributed by atoms with Crippen molar-refractivity contribution < 1.29 is 13.5 Å². The Bertz CT molecular complexity index is 1320. The van der Waals surface area contributed by atoms with Crippen molar-refractivity contribution in [2.75, 3.05) is 18.8 Å². The van der Waals surface area contributed by atoms with E-state index in [2.05, 4.69) is 15.3 Å². The number of hydrogen-bond donors (Lipinski definition) is 2. The maximum Gasteiger partial charge on any atom is 0.335 e. The average Bonchev–Trinajstić information content (AvgIpc) is 3.08. The molecule has 8 nitrogen and oxygen atoms in total. The van der Waals surface area contributed by atoms with E-state index in [1.807, 2.05) is 30.3 Å². The summed E-state index contributed by atoms with van der Waals surface area (Å²) < 4.78 is 37.5. The number of imidazole rings is 1. The number of ether oxygens (including phenoxy) is 1. The van der Waals surface area contributed by atoms with Gasteiger partial charge in [-0.25, -0.2) is 23.5 Å². The minimum Gasteiger partial charge on any atom is -0.457 e. The molecule has 4 aromatic rings. The zero-order valence-electron chi connectivity index (χ0n) is 16.9. The lowest BCUT2D eigenvalue weighted by molar-refractivity contribution is -0.0658. The SMILES string of the molecule is Nc1ncnc2c1n(-c1ccc(Oc3ccccc3)cc1)c(=O)n2[C@H]1CCNCC1(F)F. The first-order valence-electron chi connectivity index (χ1n) is 10.1. The zero-order chi connectivity index (χ0) is 22.3. The van der Waals surface area contributed by atoms with Crippen LogP contribution in [0.2, 0.25) is 0 Å². The van der Waals surface area contributed by atoms with Crippen LogP contribution in [-0.2, 0) is 0 Å². The molecule has 164 valence electrons. The van der Waals surface area contributed by atoms with Gasteiger partial charge < -0.3 is 15.8 Å². The Labute approximate surface area is 181 Å². The summed E-state index contributed by atoms with van der Waals surface area (Å²) in [6.45, 7) is -0.145. The van der Waals surface area contributed by atoms with Crippen molar-refractivity contribution in [2.24, 2.45) is 0 Å². The van der Waals surface area contributed by atoms with Crippen LogP contribution in [-0.4, -0.2) is 38.1 Å². The number of nitrogen functional groups attached to an aromatic ring is 1. The van der Waals surface area contributed by atoms with Crippen LogP contribution in [0.1, 0.15) is 12.5 Å². The molecule has 5 rings (SSSR count). The number of alkyl halides is 2. The van der Waals surface area contributed by atoms with Gasteiger partial charge in [0.1, 0.15) is 29.4 Å². The van der Waals surface area contributed by atoms with Crippen LogP contribution in [0, 0.1) is 0 Å². The van der Waals surface area contributed by atoms with E-state index in [1.165, 1.54) is 10.9 Å². The first-order valence-corrected chi connectivity index (χ1v) is 10.1. The molecular formula is C22H20F2N6O2. The Morgan fingerprint density at radius 3 is 2.50 bits per heavy atom. The summed E-state index contributed by atoms with van der Waals surface area (Å²) in [6, 6.07) is 14.6. The highest BCUT2D eigenvalue weighted by Crippen LogP contribution is 2.35. The van der Waals surface area contributed by atoms with Gasteiger partial charge in [-0.2, -0.15) is 0 Å². The van der Waals surface area contributed by atoms with E-state index in [-0.39, 0.29) is 23.4 Å². The molecule has 1 aliphatic heterocycles. The molecule has 1 atom stereocenters. The minimum atomic E-state index is -3.12. The molecule has 1 aliphatic rings. The molecule has 1 fully saturated rings. The molecule has 0 radical (unpaired) electrons. The summed E-state index contributed by atoms with van der Waals surface area (Å²) in [5.41, 5.74) is 6.14. The molecule has 0 aliphatic carbocycles. The first kappa shape index (κ1) is 20.1. The van der Waals surface area contributed by atoms with Crippen LogP contribution < -0.4 is 21.5 Å². The Morgan fingerprint density at radius 1 is 1.06 bits per heavy atom. The lowest BCUT2D eigenvalue weighted by Gasteiger charge is -2.32. The highest BCUT2D eigenvalue weighted by Gasteiger charge is 2.45.